The maximum atomic E-state index is 12.3. The molecule has 0 radical (unpaired) electrons. The van der Waals surface area contributed by atoms with Crippen LogP contribution in [0.15, 0.2) is 60.8 Å². The number of nitrogens with zero attached hydrogens (tertiary/aromatic N) is 3. The minimum atomic E-state index is -1.24. The molecule has 0 unspecified atom stereocenters. The summed E-state index contributed by atoms with van der Waals surface area (Å²) < 4.78 is 5.96. The lowest BCUT2D eigenvalue weighted by atomic mass is 9.62. The zero-order chi connectivity index (χ0) is 23.6. The van der Waals surface area contributed by atoms with Gasteiger partial charge in [0.1, 0.15) is 11.4 Å². The van der Waals surface area contributed by atoms with E-state index in [1.807, 2.05) is 36.4 Å². The van der Waals surface area contributed by atoms with Crippen molar-refractivity contribution < 1.29 is 14.9 Å². The van der Waals surface area contributed by atoms with E-state index < -0.39 is 5.60 Å². The van der Waals surface area contributed by atoms with Gasteiger partial charge in [-0.2, -0.15) is 5.10 Å². The Bertz CT molecular complexity index is 1080. The number of aliphatic hydroxyl groups excluding tert-OH is 1. The highest BCUT2D eigenvalue weighted by Gasteiger charge is 2.55. The Kier molecular flexibility index (Phi) is 6.52. The first kappa shape index (κ1) is 23.4. The van der Waals surface area contributed by atoms with E-state index in [4.69, 9.17) is 9.84 Å². The molecular weight excluding hydrogens is 414 g/mol. The molecule has 2 aromatic carbocycles. The van der Waals surface area contributed by atoms with Crippen molar-refractivity contribution >= 4 is 0 Å². The van der Waals surface area contributed by atoms with Gasteiger partial charge in [0.25, 0.3) is 0 Å². The van der Waals surface area contributed by atoms with Crippen molar-refractivity contribution in [1.29, 1.82) is 0 Å². The molecule has 1 aromatic heterocycles. The summed E-state index contributed by atoms with van der Waals surface area (Å²) >= 11 is 0. The molecule has 0 aliphatic carbocycles. The smallest absolute Gasteiger partial charge is 0.239 e. The minimum Gasteiger partial charge on any atom is -0.438 e. The Balaban J connectivity index is 1.69. The fraction of sp³-hybridized carbons (Fsp3) is 0.407. The van der Waals surface area contributed by atoms with Gasteiger partial charge in [0.05, 0.1) is 6.20 Å². The number of aliphatic hydroxyl groups is 2. The quantitative estimate of drug-likeness (QED) is 0.541. The SMILES string of the molecule is CC(C)c1ccc([C@](O)(c2cnnc(Oc3ccc(CCO)cc3)c2)C2(C)CN(C)C2)cc1. The molecule has 1 fully saturated rings. The van der Waals surface area contributed by atoms with Gasteiger partial charge in [0.15, 0.2) is 0 Å². The van der Waals surface area contributed by atoms with Crippen LogP contribution in [0.3, 0.4) is 0 Å². The minimum absolute atomic E-state index is 0.110. The van der Waals surface area contributed by atoms with Gasteiger partial charge in [-0.1, -0.05) is 57.2 Å². The molecule has 6 heteroatoms. The number of rotatable bonds is 8. The van der Waals surface area contributed by atoms with Crippen LogP contribution >= 0.6 is 0 Å². The lowest BCUT2D eigenvalue weighted by Crippen LogP contribution is -2.63. The predicted octanol–water partition coefficient (Wildman–Crippen LogP) is 4.11. The average molecular weight is 448 g/mol. The van der Waals surface area contributed by atoms with Gasteiger partial charge in [-0.05, 0) is 48.2 Å². The first-order valence-corrected chi connectivity index (χ1v) is 11.5. The average Bonchev–Trinajstić information content (AvgIpc) is 2.79. The first-order valence-electron chi connectivity index (χ1n) is 11.5. The van der Waals surface area contributed by atoms with Gasteiger partial charge in [-0.15, -0.1) is 5.10 Å². The third-order valence-electron chi connectivity index (χ3n) is 6.70. The molecular formula is C27H33N3O3. The van der Waals surface area contributed by atoms with Crippen LogP contribution in [0.1, 0.15) is 48.9 Å². The molecule has 1 aliphatic rings. The predicted molar refractivity (Wildman–Crippen MR) is 128 cm³/mol. The summed E-state index contributed by atoms with van der Waals surface area (Å²) in [6.07, 6.45) is 2.24. The van der Waals surface area contributed by atoms with E-state index in [2.05, 4.69) is 55.0 Å². The van der Waals surface area contributed by atoms with Crippen LogP contribution in [-0.2, 0) is 12.0 Å². The van der Waals surface area contributed by atoms with Crippen LogP contribution in [0.5, 0.6) is 11.6 Å². The van der Waals surface area contributed by atoms with E-state index in [1.165, 1.54) is 5.56 Å². The highest BCUT2D eigenvalue weighted by atomic mass is 16.5. The van der Waals surface area contributed by atoms with Crippen molar-refractivity contribution in [3.8, 4) is 11.6 Å². The zero-order valence-electron chi connectivity index (χ0n) is 19.8. The first-order chi connectivity index (χ1) is 15.7. The number of hydrogen-bond acceptors (Lipinski definition) is 6. The second-order valence-electron chi connectivity index (χ2n) is 9.72. The number of ether oxygens (including phenoxy) is 1. The van der Waals surface area contributed by atoms with Crippen molar-refractivity contribution in [1.82, 2.24) is 15.1 Å². The van der Waals surface area contributed by atoms with E-state index >= 15 is 0 Å². The zero-order valence-corrected chi connectivity index (χ0v) is 19.8. The van der Waals surface area contributed by atoms with Gasteiger partial charge < -0.3 is 19.8 Å². The normalized spacial score (nSPS) is 17.4. The Labute approximate surface area is 195 Å². The summed E-state index contributed by atoms with van der Waals surface area (Å²) in [4.78, 5) is 2.20. The second kappa shape index (κ2) is 9.21. The molecule has 1 atom stereocenters. The Morgan fingerprint density at radius 2 is 1.73 bits per heavy atom. The fourth-order valence-electron chi connectivity index (χ4n) is 4.92. The van der Waals surface area contributed by atoms with Crippen molar-refractivity contribution in [2.45, 2.75) is 38.7 Å². The molecule has 33 heavy (non-hydrogen) atoms. The lowest BCUT2D eigenvalue weighted by molar-refractivity contribution is -0.127. The Hall–Kier alpha value is -2.80. The maximum Gasteiger partial charge on any atom is 0.239 e. The van der Waals surface area contributed by atoms with Crippen molar-refractivity contribution in [2.75, 3.05) is 26.7 Å². The topological polar surface area (TPSA) is 78.7 Å². The van der Waals surface area contributed by atoms with Gasteiger partial charge in [0, 0.05) is 36.7 Å². The molecule has 0 saturated carbocycles. The molecule has 2 heterocycles. The van der Waals surface area contributed by atoms with Crippen molar-refractivity contribution in [2.24, 2.45) is 5.41 Å². The molecule has 2 N–H and O–H groups in total. The van der Waals surface area contributed by atoms with Crippen LogP contribution in [0, 0.1) is 5.41 Å². The molecule has 4 rings (SSSR count). The summed E-state index contributed by atoms with van der Waals surface area (Å²) in [5.74, 6) is 1.38. The number of benzene rings is 2. The molecule has 0 bridgehead atoms. The van der Waals surface area contributed by atoms with Gasteiger partial charge in [-0.25, -0.2) is 0 Å². The molecule has 0 amide bonds. The highest BCUT2D eigenvalue weighted by Crippen LogP contribution is 2.50. The monoisotopic (exact) mass is 447 g/mol. The third kappa shape index (κ3) is 4.51. The molecule has 174 valence electrons. The standard InChI is InChI=1S/C27H33N3O3/c1-19(2)21-7-9-22(10-8-21)27(32,26(3)17-30(4)18-26)23-15-25(29-28-16-23)33-24-11-5-20(6-12-24)13-14-31/h5-12,15-16,19,31-32H,13-14,17-18H2,1-4H3/t27-/m0/s1. The number of likely N-dealkylation sites (tertiary alicyclic amines) is 1. The van der Waals surface area contributed by atoms with Crippen LogP contribution < -0.4 is 4.74 Å². The highest BCUT2D eigenvalue weighted by molar-refractivity contribution is 5.42. The Morgan fingerprint density at radius 1 is 1.06 bits per heavy atom. The van der Waals surface area contributed by atoms with Crippen molar-refractivity contribution in [3.63, 3.8) is 0 Å². The molecule has 0 spiro atoms. The van der Waals surface area contributed by atoms with Crippen LogP contribution in [0.2, 0.25) is 0 Å². The number of aromatic nitrogens is 2. The van der Waals surface area contributed by atoms with E-state index in [0.717, 1.165) is 24.2 Å². The third-order valence-corrected chi connectivity index (χ3v) is 6.70. The van der Waals surface area contributed by atoms with E-state index in [9.17, 15) is 5.11 Å². The summed E-state index contributed by atoms with van der Waals surface area (Å²) in [6.45, 7) is 8.08. The van der Waals surface area contributed by atoms with E-state index in [-0.39, 0.29) is 12.0 Å². The largest absolute Gasteiger partial charge is 0.438 e. The summed E-state index contributed by atoms with van der Waals surface area (Å²) in [5.41, 5.74) is 2.15. The van der Waals surface area contributed by atoms with Crippen LogP contribution in [0.25, 0.3) is 0 Å². The lowest BCUT2D eigenvalue weighted by Gasteiger charge is -2.55. The molecule has 1 saturated heterocycles. The van der Waals surface area contributed by atoms with Crippen LogP contribution in [0.4, 0.5) is 0 Å². The fourth-order valence-corrected chi connectivity index (χ4v) is 4.92. The van der Waals surface area contributed by atoms with Crippen molar-refractivity contribution in [3.05, 3.63) is 83.0 Å². The van der Waals surface area contributed by atoms with E-state index in [0.29, 0.717) is 29.5 Å². The summed E-state index contributed by atoms with van der Waals surface area (Å²) in [6, 6.07) is 17.6. The second-order valence-corrected chi connectivity index (χ2v) is 9.72. The molecule has 3 aromatic rings. The maximum absolute atomic E-state index is 12.3. The van der Waals surface area contributed by atoms with E-state index in [1.54, 1.807) is 12.3 Å². The molecule has 1 aliphatic heterocycles. The Morgan fingerprint density at radius 3 is 2.30 bits per heavy atom. The van der Waals surface area contributed by atoms with Crippen LogP contribution in [-0.4, -0.2) is 52.1 Å². The molecule has 6 nitrogen and oxygen atoms in total. The number of hydrogen-bond donors (Lipinski definition) is 2. The van der Waals surface area contributed by atoms with Gasteiger partial charge in [-0.3, -0.25) is 0 Å². The summed E-state index contributed by atoms with van der Waals surface area (Å²) in [5, 5.41) is 29.7. The summed E-state index contributed by atoms with van der Waals surface area (Å²) in [7, 11) is 2.06. The van der Waals surface area contributed by atoms with Gasteiger partial charge >= 0.3 is 0 Å². The van der Waals surface area contributed by atoms with Gasteiger partial charge in [0.2, 0.25) is 5.88 Å².